The van der Waals surface area contributed by atoms with Gasteiger partial charge in [0, 0.05) is 12.5 Å². The van der Waals surface area contributed by atoms with Gasteiger partial charge in [0.05, 0.1) is 0 Å². The van der Waals surface area contributed by atoms with E-state index in [1.165, 1.54) is 0 Å². The van der Waals surface area contributed by atoms with Crippen molar-refractivity contribution in [3.8, 4) is 0 Å². The second-order valence-corrected chi connectivity index (χ2v) is 4.12. The van der Waals surface area contributed by atoms with E-state index in [-0.39, 0.29) is 11.5 Å². The van der Waals surface area contributed by atoms with Crippen molar-refractivity contribution < 1.29 is 8.78 Å². The van der Waals surface area contributed by atoms with Crippen LogP contribution in [0.3, 0.4) is 0 Å². The van der Waals surface area contributed by atoms with Gasteiger partial charge in [-0.25, -0.2) is 8.78 Å². The van der Waals surface area contributed by atoms with E-state index < -0.39 is 5.92 Å². The number of hydrogen-bond donors (Lipinski definition) is 0. The van der Waals surface area contributed by atoms with Gasteiger partial charge in [0.2, 0.25) is 0 Å². The van der Waals surface area contributed by atoms with Crippen molar-refractivity contribution in [2.75, 3.05) is 0 Å². The maximum absolute atomic E-state index is 13.2. The van der Waals surface area contributed by atoms with Gasteiger partial charge in [0.15, 0.2) is 0 Å². The number of hydrogen-bond acceptors (Lipinski definition) is 0. The molecular weight excluding hydrogens is 182 g/mol. The lowest BCUT2D eigenvalue weighted by atomic mass is 9.95. The van der Waals surface area contributed by atoms with E-state index in [2.05, 4.69) is 0 Å². The van der Waals surface area contributed by atoms with Gasteiger partial charge in [-0.1, -0.05) is 26.0 Å². The third-order valence-electron chi connectivity index (χ3n) is 2.40. The van der Waals surface area contributed by atoms with Crippen molar-refractivity contribution in [1.29, 1.82) is 0 Å². The highest BCUT2D eigenvalue weighted by atomic mass is 19.3. The van der Waals surface area contributed by atoms with Crippen LogP contribution in [-0.4, -0.2) is 0 Å². The van der Waals surface area contributed by atoms with Crippen LogP contribution < -0.4 is 0 Å². The summed E-state index contributed by atoms with van der Waals surface area (Å²) in [5.74, 6) is -2.45. The lowest BCUT2D eigenvalue weighted by Gasteiger charge is -2.16. The summed E-state index contributed by atoms with van der Waals surface area (Å²) in [4.78, 5) is 0. The summed E-state index contributed by atoms with van der Waals surface area (Å²) < 4.78 is 26.3. The molecule has 0 unspecified atom stereocenters. The fourth-order valence-corrected chi connectivity index (χ4v) is 1.47. The minimum absolute atomic E-state index is 0.142. The summed E-state index contributed by atoms with van der Waals surface area (Å²) in [6.45, 7) is 6.67. The minimum Gasteiger partial charge on any atom is -0.202 e. The van der Waals surface area contributed by atoms with E-state index >= 15 is 0 Å². The van der Waals surface area contributed by atoms with Crippen molar-refractivity contribution in [3.63, 3.8) is 0 Å². The Kier molecular flexibility index (Phi) is 2.93. The van der Waals surface area contributed by atoms with Gasteiger partial charge in [-0.2, -0.15) is 0 Å². The summed E-state index contributed by atoms with van der Waals surface area (Å²) in [6.07, 6.45) is 0. The molecule has 14 heavy (non-hydrogen) atoms. The normalized spacial score (nSPS) is 12.2. The third-order valence-corrected chi connectivity index (χ3v) is 2.40. The maximum Gasteiger partial charge on any atom is 0.270 e. The molecule has 0 aromatic heterocycles. The molecule has 0 saturated heterocycles. The highest BCUT2D eigenvalue weighted by molar-refractivity contribution is 5.35. The van der Waals surface area contributed by atoms with Crippen LogP contribution in [0.1, 0.15) is 43.4 Å². The molecule has 0 aliphatic carbocycles. The molecule has 0 aliphatic rings. The van der Waals surface area contributed by atoms with Crippen LogP contribution >= 0.6 is 0 Å². The average Bonchev–Trinajstić information content (AvgIpc) is 2.02. The van der Waals surface area contributed by atoms with Gasteiger partial charge in [0.1, 0.15) is 0 Å². The molecule has 0 amide bonds. The molecule has 0 fully saturated rings. The molecule has 78 valence electrons. The van der Waals surface area contributed by atoms with E-state index in [4.69, 9.17) is 0 Å². The standard InChI is InChI=1S/C12H16F2/c1-8(2)10-6-5-9(3)11(7-10)12(4,13)14/h5-8H,1-4H3. The quantitative estimate of drug-likeness (QED) is 0.667. The topological polar surface area (TPSA) is 0 Å². The summed E-state index contributed by atoms with van der Waals surface area (Å²) >= 11 is 0. The molecule has 0 N–H and O–H groups in total. The van der Waals surface area contributed by atoms with Crippen LogP contribution in [0.5, 0.6) is 0 Å². The molecule has 0 atom stereocenters. The van der Waals surface area contributed by atoms with Crippen LogP contribution in [-0.2, 0) is 5.92 Å². The molecule has 0 aliphatic heterocycles. The number of aryl methyl sites for hydroxylation is 1. The number of halogens is 2. The van der Waals surface area contributed by atoms with E-state index in [9.17, 15) is 8.78 Å². The molecule has 1 aromatic rings. The van der Waals surface area contributed by atoms with Gasteiger partial charge >= 0.3 is 0 Å². The molecule has 0 saturated carbocycles. The van der Waals surface area contributed by atoms with Crippen LogP contribution in [0.15, 0.2) is 18.2 Å². The number of alkyl halides is 2. The second kappa shape index (κ2) is 3.68. The van der Waals surface area contributed by atoms with E-state index in [0.717, 1.165) is 12.5 Å². The third kappa shape index (κ3) is 2.31. The maximum atomic E-state index is 13.2. The molecule has 1 aromatic carbocycles. The van der Waals surface area contributed by atoms with Crippen molar-refractivity contribution in [1.82, 2.24) is 0 Å². The zero-order valence-corrected chi connectivity index (χ0v) is 9.07. The lowest BCUT2D eigenvalue weighted by Crippen LogP contribution is -2.10. The first kappa shape index (κ1) is 11.2. The molecule has 0 radical (unpaired) electrons. The Morgan fingerprint density at radius 1 is 1.21 bits per heavy atom. The van der Waals surface area contributed by atoms with Gasteiger partial charge < -0.3 is 0 Å². The molecule has 2 heteroatoms. The van der Waals surface area contributed by atoms with Gasteiger partial charge in [-0.3, -0.25) is 0 Å². The summed E-state index contributed by atoms with van der Waals surface area (Å²) in [5, 5.41) is 0. The van der Waals surface area contributed by atoms with Gasteiger partial charge in [-0.15, -0.1) is 0 Å². The Morgan fingerprint density at radius 2 is 1.79 bits per heavy atom. The average molecular weight is 198 g/mol. The summed E-state index contributed by atoms with van der Waals surface area (Å²) in [7, 11) is 0. The van der Waals surface area contributed by atoms with Crippen LogP contribution in [0, 0.1) is 6.92 Å². The Labute approximate surface area is 84.0 Å². The Morgan fingerprint density at radius 3 is 2.21 bits per heavy atom. The van der Waals surface area contributed by atoms with Crippen molar-refractivity contribution in [3.05, 3.63) is 34.9 Å². The number of rotatable bonds is 2. The van der Waals surface area contributed by atoms with Crippen LogP contribution in [0.4, 0.5) is 8.78 Å². The molecule has 0 heterocycles. The highest BCUT2D eigenvalue weighted by Gasteiger charge is 2.26. The zero-order valence-electron chi connectivity index (χ0n) is 9.07. The van der Waals surface area contributed by atoms with Gasteiger partial charge in [-0.05, 0) is 30.0 Å². The molecule has 1 rings (SSSR count). The Hall–Kier alpha value is -0.920. The van der Waals surface area contributed by atoms with E-state index in [1.807, 2.05) is 19.9 Å². The molecule has 0 bridgehead atoms. The SMILES string of the molecule is Cc1ccc(C(C)C)cc1C(C)(F)F. The fourth-order valence-electron chi connectivity index (χ4n) is 1.47. The smallest absolute Gasteiger partial charge is 0.202 e. The predicted molar refractivity (Wildman–Crippen MR) is 54.8 cm³/mol. The molecule has 0 spiro atoms. The number of benzene rings is 1. The molecular formula is C12H16F2. The lowest BCUT2D eigenvalue weighted by molar-refractivity contribution is 0.0167. The Balaban J connectivity index is 3.22. The van der Waals surface area contributed by atoms with Crippen LogP contribution in [0.2, 0.25) is 0 Å². The highest BCUT2D eigenvalue weighted by Crippen LogP contribution is 2.31. The summed E-state index contributed by atoms with van der Waals surface area (Å²) in [6, 6.07) is 5.29. The second-order valence-electron chi connectivity index (χ2n) is 4.12. The first-order chi connectivity index (χ1) is 6.32. The first-order valence-electron chi connectivity index (χ1n) is 4.81. The van der Waals surface area contributed by atoms with Crippen molar-refractivity contribution in [2.24, 2.45) is 0 Å². The first-order valence-corrected chi connectivity index (χ1v) is 4.81. The zero-order chi connectivity index (χ0) is 10.9. The predicted octanol–water partition coefficient (Wildman–Crippen LogP) is 4.23. The van der Waals surface area contributed by atoms with Crippen molar-refractivity contribution in [2.45, 2.75) is 39.5 Å². The minimum atomic E-state index is -2.74. The van der Waals surface area contributed by atoms with Gasteiger partial charge in [0.25, 0.3) is 5.92 Å². The van der Waals surface area contributed by atoms with E-state index in [0.29, 0.717) is 5.56 Å². The van der Waals surface area contributed by atoms with E-state index in [1.54, 1.807) is 19.1 Å². The molecule has 0 nitrogen and oxygen atoms in total. The summed E-state index contributed by atoms with van der Waals surface area (Å²) in [5.41, 5.74) is 1.76. The van der Waals surface area contributed by atoms with Crippen LogP contribution in [0.25, 0.3) is 0 Å². The largest absolute Gasteiger partial charge is 0.270 e. The monoisotopic (exact) mass is 198 g/mol. The fraction of sp³-hybridized carbons (Fsp3) is 0.500. The van der Waals surface area contributed by atoms with Crippen molar-refractivity contribution >= 4 is 0 Å². The Bertz CT molecular complexity index is 322.